The third-order valence-electron chi connectivity index (χ3n) is 2.76. The molecule has 0 saturated carbocycles. The summed E-state index contributed by atoms with van der Waals surface area (Å²) in [5.74, 6) is -0.153. The van der Waals surface area contributed by atoms with Gasteiger partial charge in [0.2, 0.25) is 0 Å². The predicted octanol–water partition coefficient (Wildman–Crippen LogP) is 0.318. The zero-order chi connectivity index (χ0) is 9.31. The molecule has 0 aromatic heterocycles. The molecule has 3 heterocycles. The summed E-state index contributed by atoms with van der Waals surface area (Å²) in [6.45, 7) is 4.97. The van der Waals surface area contributed by atoms with E-state index in [1.165, 1.54) is 0 Å². The van der Waals surface area contributed by atoms with Gasteiger partial charge in [-0.05, 0) is 13.0 Å². The van der Waals surface area contributed by atoms with Gasteiger partial charge in [0.1, 0.15) is 0 Å². The standard InChI is InChI=1S/C9H17NO3/c1-7(2-3-10)9-11-4-8(5-12-9)6-13-9/h7-8H,2-6,10H2,1H3. The van der Waals surface area contributed by atoms with Crippen LogP contribution in [0, 0.1) is 11.8 Å². The quantitative estimate of drug-likeness (QED) is 0.691. The maximum absolute atomic E-state index is 5.58. The molecule has 2 N–H and O–H groups in total. The number of hydrogen-bond donors (Lipinski definition) is 1. The van der Waals surface area contributed by atoms with E-state index in [4.69, 9.17) is 19.9 Å². The summed E-state index contributed by atoms with van der Waals surface area (Å²) in [6, 6.07) is 0. The van der Waals surface area contributed by atoms with Gasteiger partial charge in [-0.2, -0.15) is 0 Å². The number of nitrogens with two attached hydrogens (primary N) is 1. The molecule has 0 aromatic rings. The van der Waals surface area contributed by atoms with Crippen LogP contribution in [0.4, 0.5) is 0 Å². The fraction of sp³-hybridized carbons (Fsp3) is 1.00. The highest BCUT2D eigenvalue weighted by atomic mass is 16.9. The van der Waals surface area contributed by atoms with Crippen LogP contribution in [0.25, 0.3) is 0 Å². The van der Waals surface area contributed by atoms with Crippen molar-refractivity contribution in [2.75, 3.05) is 26.4 Å². The highest BCUT2D eigenvalue weighted by Gasteiger charge is 2.48. The highest BCUT2D eigenvalue weighted by molar-refractivity contribution is 4.78. The first kappa shape index (κ1) is 9.40. The Kier molecular flexibility index (Phi) is 2.55. The largest absolute Gasteiger partial charge is 0.330 e. The Morgan fingerprint density at radius 2 is 1.85 bits per heavy atom. The Morgan fingerprint density at radius 1 is 1.31 bits per heavy atom. The molecule has 3 fully saturated rings. The number of hydrogen-bond acceptors (Lipinski definition) is 4. The summed E-state index contributed by atoms with van der Waals surface area (Å²) >= 11 is 0. The molecule has 0 amide bonds. The molecule has 0 aromatic carbocycles. The maximum atomic E-state index is 5.58. The summed E-state index contributed by atoms with van der Waals surface area (Å²) in [4.78, 5) is 0. The molecule has 3 saturated heterocycles. The summed E-state index contributed by atoms with van der Waals surface area (Å²) in [6.07, 6.45) is 0.866. The van der Waals surface area contributed by atoms with Crippen molar-refractivity contribution < 1.29 is 14.2 Å². The van der Waals surface area contributed by atoms with Gasteiger partial charge in [-0.3, -0.25) is 0 Å². The van der Waals surface area contributed by atoms with Gasteiger partial charge in [-0.25, -0.2) is 0 Å². The zero-order valence-electron chi connectivity index (χ0n) is 7.99. The van der Waals surface area contributed by atoms with E-state index in [9.17, 15) is 0 Å². The second-order valence-electron chi connectivity index (χ2n) is 3.88. The molecule has 1 unspecified atom stereocenters. The molecule has 1 atom stereocenters. The van der Waals surface area contributed by atoms with Crippen LogP contribution in [-0.4, -0.2) is 32.3 Å². The van der Waals surface area contributed by atoms with Crippen LogP contribution in [0.15, 0.2) is 0 Å². The molecular weight excluding hydrogens is 170 g/mol. The molecule has 0 radical (unpaired) electrons. The van der Waals surface area contributed by atoms with Crippen molar-refractivity contribution >= 4 is 0 Å². The Bertz CT molecular complexity index is 164. The third kappa shape index (κ3) is 1.59. The zero-order valence-corrected chi connectivity index (χ0v) is 7.99. The van der Waals surface area contributed by atoms with E-state index in [1.807, 2.05) is 0 Å². The van der Waals surface area contributed by atoms with E-state index in [0.717, 1.165) is 26.2 Å². The van der Waals surface area contributed by atoms with Gasteiger partial charge in [0, 0.05) is 11.8 Å². The monoisotopic (exact) mass is 187 g/mol. The topological polar surface area (TPSA) is 53.7 Å². The maximum Gasteiger partial charge on any atom is 0.285 e. The normalized spacial score (nSPS) is 40.6. The van der Waals surface area contributed by atoms with Crippen LogP contribution < -0.4 is 5.73 Å². The van der Waals surface area contributed by atoms with E-state index >= 15 is 0 Å². The Hall–Kier alpha value is -0.160. The number of fused-ring (bicyclic) bond motifs is 3. The molecule has 3 rings (SSSR count). The first-order valence-corrected chi connectivity index (χ1v) is 4.89. The molecular formula is C9H17NO3. The molecule has 76 valence electrons. The molecule has 4 nitrogen and oxygen atoms in total. The summed E-state index contributed by atoms with van der Waals surface area (Å²) in [5, 5.41) is 0. The molecule has 0 aliphatic carbocycles. The predicted molar refractivity (Wildman–Crippen MR) is 46.9 cm³/mol. The van der Waals surface area contributed by atoms with Gasteiger partial charge in [-0.15, -0.1) is 0 Å². The fourth-order valence-electron chi connectivity index (χ4n) is 1.82. The van der Waals surface area contributed by atoms with Crippen LogP contribution in [-0.2, 0) is 14.2 Å². The van der Waals surface area contributed by atoms with Crippen molar-refractivity contribution in [3.05, 3.63) is 0 Å². The Morgan fingerprint density at radius 3 is 2.31 bits per heavy atom. The van der Waals surface area contributed by atoms with Crippen LogP contribution >= 0.6 is 0 Å². The minimum absolute atomic E-state index is 0.207. The second-order valence-corrected chi connectivity index (χ2v) is 3.88. The van der Waals surface area contributed by atoms with Gasteiger partial charge in [-0.1, -0.05) is 6.92 Å². The second kappa shape index (κ2) is 3.53. The third-order valence-corrected chi connectivity index (χ3v) is 2.76. The van der Waals surface area contributed by atoms with Gasteiger partial charge in [0.25, 0.3) is 5.97 Å². The molecule has 4 heteroatoms. The Labute approximate surface area is 78.3 Å². The molecule has 3 aliphatic rings. The molecule has 13 heavy (non-hydrogen) atoms. The first-order valence-electron chi connectivity index (χ1n) is 4.89. The fourth-order valence-corrected chi connectivity index (χ4v) is 1.82. The van der Waals surface area contributed by atoms with Gasteiger partial charge >= 0.3 is 0 Å². The average molecular weight is 187 g/mol. The summed E-state index contributed by atoms with van der Waals surface area (Å²) in [7, 11) is 0. The summed E-state index contributed by atoms with van der Waals surface area (Å²) < 4.78 is 16.7. The highest BCUT2D eigenvalue weighted by Crippen LogP contribution is 2.37. The van der Waals surface area contributed by atoms with Crippen molar-refractivity contribution in [2.45, 2.75) is 19.3 Å². The molecule has 2 bridgehead atoms. The minimum atomic E-state index is -0.784. The van der Waals surface area contributed by atoms with Crippen molar-refractivity contribution in [2.24, 2.45) is 17.6 Å². The van der Waals surface area contributed by atoms with Crippen LogP contribution in [0.2, 0.25) is 0 Å². The number of rotatable bonds is 3. The van der Waals surface area contributed by atoms with E-state index in [2.05, 4.69) is 6.92 Å². The van der Waals surface area contributed by atoms with Crippen LogP contribution in [0.5, 0.6) is 0 Å². The summed E-state index contributed by atoms with van der Waals surface area (Å²) in [5.41, 5.74) is 5.50. The average Bonchev–Trinajstić information content (AvgIpc) is 2.21. The van der Waals surface area contributed by atoms with Crippen LogP contribution in [0.1, 0.15) is 13.3 Å². The van der Waals surface area contributed by atoms with E-state index in [0.29, 0.717) is 12.5 Å². The van der Waals surface area contributed by atoms with E-state index in [1.54, 1.807) is 0 Å². The van der Waals surface area contributed by atoms with Crippen LogP contribution in [0.3, 0.4) is 0 Å². The van der Waals surface area contributed by atoms with Gasteiger partial charge < -0.3 is 19.9 Å². The Balaban J connectivity index is 2.01. The lowest BCUT2D eigenvalue weighted by Gasteiger charge is -2.48. The molecule has 0 spiro atoms. The van der Waals surface area contributed by atoms with Crippen molar-refractivity contribution in [1.29, 1.82) is 0 Å². The SMILES string of the molecule is CC(CCN)C12OCC(CO1)CO2. The smallest absolute Gasteiger partial charge is 0.285 e. The lowest BCUT2D eigenvalue weighted by atomic mass is 10.0. The van der Waals surface area contributed by atoms with Crippen molar-refractivity contribution in [3.63, 3.8) is 0 Å². The number of ether oxygens (including phenoxy) is 3. The van der Waals surface area contributed by atoms with Crippen molar-refractivity contribution in [3.8, 4) is 0 Å². The first-order chi connectivity index (χ1) is 6.27. The molecule has 3 aliphatic heterocycles. The van der Waals surface area contributed by atoms with Gasteiger partial charge in [0.05, 0.1) is 19.8 Å². The van der Waals surface area contributed by atoms with Gasteiger partial charge in [0.15, 0.2) is 0 Å². The van der Waals surface area contributed by atoms with E-state index < -0.39 is 5.97 Å². The van der Waals surface area contributed by atoms with Crippen molar-refractivity contribution in [1.82, 2.24) is 0 Å². The lowest BCUT2D eigenvalue weighted by Crippen LogP contribution is -2.57. The minimum Gasteiger partial charge on any atom is -0.330 e. The van der Waals surface area contributed by atoms with E-state index in [-0.39, 0.29) is 5.92 Å². The lowest BCUT2D eigenvalue weighted by molar-refractivity contribution is -0.466.